The maximum atomic E-state index is 5.32. The molecule has 0 N–H and O–H groups in total. The lowest BCUT2D eigenvalue weighted by molar-refractivity contribution is 0.630. The van der Waals surface area contributed by atoms with E-state index in [1.54, 1.807) is 0 Å². The first kappa shape index (κ1) is 13.4. The van der Waals surface area contributed by atoms with E-state index in [0.717, 1.165) is 10.5 Å². The van der Waals surface area contributed by atoms with Crippen molar-refractivity contribution in [1.82, 2.24) is 0 Å². The predicted molar refractivity (Wildman–Crippen MR) is 59.8 cm³/mol. The third kappa shape index (κ3) is 23.3. The molecule has 0 aliphatic heterocycles. The minimum absolute atomic E-state index is 0.0139. The van der Waals surface area contributed by atoms with Gasteiger partial charge in [-0.1, -0.05) is 13.1 Å². The lowest BCUT2D eigenvalue weighted by atomic mass is 11.9. The van der Waals surface area contributed by atoms with E-state index in [-0.39, 0.29) is 19.5 Å². The average molecular weight is 213 g/mol. The quantitative estimate of drug-likeness (QED) is 0.532. The van der Waals surface area contributed by atoms with Crippen LogP contribution >= 0.6 is 0 Å². The van der Waals surface area contributed by atoms with Gasteiger partial charge in [0.2, 0.25) is 0 Å². The fraction of sp³-hybridized carbons (Fsp3) is 1.00. The first-order valence-electron chi connectivity index (χ1n) is 3.79. The van der Waals surface area contributed by atoms with Crippen molar-refractivity contribution in [3.8, 4) is 0 Å². The molecule has 0 spiro atoms. The molecule has 0 rings (SSSR count). The molecule has 0 aromatic heterocycles. The zero-order valence-corrected chi connectivity index (χ0v) is 13.8. The molecule has 0 saturated carbocycles. The van der Waals surface area contributed by atoms with Crippen LogP contribution in [0.1, 0.15) is 0 Å². The van der Waals surface area contributed by atoms with Gasteiger partial charge in [0.25, 0.3) is 0 Å². The largest absolute Gasteiger partial charge is 0.468 e. The normalized spacial score (nSPS) is 11.7. The van der Waals surface area contributed by atoms with Crippen LogP contribution in [0.15, 0.2) is 0 Å². The zero-order valence-electron chi connectivity index (χ0n) is 7.81. The molecular weight excluding hydrogens is 192 g/mol. The molecule has 0 heterocycles. The Kier molecular flexibility index (Phi) is 16.7. The van der Waals surface area contributed by atoms with Crippen LogP contribution in [0.3, 0.4) is 0 Å². The van der Waals surface area contributed by atoms with Crippen molar-refractivity contribution in [2.75, 3.05) is 0 Å². The highest BCUT2D eigenvalue weighted by Crippen LogP contribution is 1.77. The Bertz CT molecular complexity index is 50.5. The van der Waals surface area contributed by atoms with Gasteiger partial charge in [-0.3, -0.25) is 0 Å². The average Bonchev–Trinajstić information content (AvgIpc) is 1.89. The second-order valence-corrected chi connectivity index (χ2v) is 8.98. The summed E-state index contributed by atoms with van der Waals surface area (Å²) in [6.07, 6.45) is 0. The molecule has 6 heteroatoms. The molecule has 0 aromatic carbocycles. The lowest BCUT2D eigenvalue weighted by Crippen LogP contribution is -2.08. The maximum Gasteiger partial charge on any atom is 0.156 e. The number of rotatable bonds is 3. The lowest BCUT2D eigenvalue weighted by Gasteiger charge is -1.98. The number of hydrogen-bond acceptors (Lipinski definition) is 2. The molecule has 0 unspecified atom stereocenters. The Hall–Kier alpha value is 0.788. The monoisotopic (exact) mass is 212 g/mol. The van der Waals surface area contributed by atoms with Crippen molar-refractivity contribution < 1.29 is 8.23 Å². The van der Waals surface area contributed by atoms with Crippen LogP contribution < -0.4 is 0 Å². The summed E-state index contributed by atoms with van der Waals surface area (Å²) >= 11 is 0. The van der Waals surface area contributed by atoms with E-state index in [4.69, 9.17) is 8.23 Å². The van der Waals surface area contributed by atoms with E-state index in [1.807, 2.05) is 0 Å². The van der Waals surface area contributed by atoms with Gasteiger partial charge in [0.15, 0.2) is 9.04 Å². The number of hydrogen-bond donors (Lipinski definition) is 0. The van der Waals surface area contributed by atoms with Gasteiger partial charge in [-0.05, 0) is 13.1 Å². The molecule has 0 aliphatic rings. The molecule has 0 fully saturated rings. The van der Waals surface area contributed by atoms with E-state index in [9.17, 15) is 0 Å². The minimum Gasteiger partial charge on any atom is -0.468 e. The molecule has 2 nitrogen and oxygen atoms in total. The summed E-state index contributed by atoms with van der Waals surface area (Å²) < 4.78 is 10.1. The SMILES string of the molecule is C[SiH2]O[SiH3].C[SiH2]O[SiH](C)C. The van der Waals surface area contributed by atoms with Crippen LogP contribution in [-0.2, 0) is 8.23 Å². The van der Waals surface area contributed by atoms with Gasteiger partial charge in [0, 0.05) is 0 Å². The van der Waals surface area contributed by atoms with E-state index in [0.29, 0.717) is 0 Å². The second kappa shape index (κ2) is 12.5. The Morgan fingerprint density at radius 2 is 1.60 bits per heavy atom. The maximum absolute atomic E-state index is 5.32. The Morgan fingerprint density at radius 3 is 1.60 bits per heavy atom. The Balaban J connectivity index is 0. The highest BCUT2D eigenvalue weighted by molar-refractivity contribution is 6.55. The fourth-order valence-corrected chi connectivity index (χ4v) is 3.00. The third-order valence-electron chi connectivity index (χ3n) is 0.789. The van der Waals surface area contributed by atoms with Crippen molar-refractivity contribution >= 4 is 39.1 Å². The van der Waals surface area contributed by atoms with Crippen molar-refractivity contribution in [1.29, 1.82) is 0 Å². The summed E-state index contributed by atoms with van der Waals surface area (Å²) in [6.45, 7) is 8.72. The highest BCUT2D eigenvalue weighted by Gasteiger charge is 1.87. The Morgan fingerprint density at radius 1 is 1.20 bits per heavy atom. The molecule has 10 heavy (non-hydrogen) atoms. The smallest absolute Gasteiger partial charge is 0.156 e. The van der Waals surface area contributed by atoms with Gasteiger partial charge in [0.05, 0.1) is 0 Å². The van der Waals surface area contributed by atoms with E-state index in [1.165, 1.54) is 0 Å². The zero-order chi connectivity index (χ0) is 8.41. The van der Waals surface area contributed by atoms with Crippen molar-refractivity contribution in [3.63, 3.8) is 0 Å². The van der Waals surface area contributed by atoms with Crippen LogP contribution in [0.25, 0.3) is 0 Å². The van der Waals surface area contributed by atoms with Gasteiger partial charge < -0.3 is 8.23 Å². The molecular formula is C4H20O2Si4. The predicted octanol–water partition coefficient (Wildman–Crippen LogP) is -1.47. The fourth-order valence-electron chi connectivity index (χ4n) is 0.333. The third-order valence-corrected chi connectivity index (χ3v) is 7.10. The van der Waals surface area contributed by atoms with Gasteiger partial charge in [0.1, 0.15) is 30.0 Å². The minimum atomic E-state index is -0.609. The standard InChI is InChI=1S/C3H12OSi2.CH8OSi2/c1-5-4-6(2)3;1-4-2-3/h6H,5H2,1-3H3;4H2,1,3H3. The summed E-state index contributed by atoms with van der Waals surface area (Å²) in [4.78, 5) is 0. The van der Waals surface area contributed by atoms with Crippen LogP contribution in [0, 0.1) is 0 Å². The van der Waals surface area contributed by atoms with E-state index >= 15 is 0 Å². The first-order valence-corrected chi connectivity index (χ1v) is 11.4. The summed E-state index contributed by atoms with van der Waals surface area (Å²) in [5, 5.41) is 0. The summed E-state index contributed by atoms with van der Waals surface area (Å²) in [5.74, 6) is 0. The van der Waals surface area contributed by atoms with Crippen LogP contribution in [0.5, 0.6) is 0 Å². The summed E-state index contributed by atoms with van der Waals surface area (Å²) in [7, 11) is 0.257. The van der Waals surface area contributed by atoms with Gasteiger partial charge in [-0.25, -0.2) is 0 Å². The molecule has 0 atom stereocenters. The molecule has 0 radical (unpaired) electrons. The van der Waals surface area contributed by atoms with Crippen molar-refractivity contribution in [3.05, 3.63) is 0 Å². The highest BCUT2D eigenvalue weighted by atomic mass is 28.3. The molecule has 0 saturated heterocycles. The van der Waals surface area contributed by atoms with Crippen molar-refractivity contribution in [2.24, 2.45) is 0 Å². The summed E-state index contributed by atoms with van der Waals surface area (Å²) in [6, 6.07) is 0. The summed E-state index contributed by atoms with van der Waals surface area (Å²) in [5.41, 5.74) is 0. The Labute approximate surface area is 73.9 Å². The van der Waals surface area contributed by atoms with Gasteiger partial charge >= 0.3 is 0 Å². The molecule has 0 amide bonds. The van der Waals surface area contributed by atoms with Crippen molar-refractivity contribution in [2.45, 2.75) is 26.2 Å². The molecule has 0 bridgehead atoms. The topological polar surface area (TPSA) is 18.5 Å². The van der Waals surface area contributed by atoms with Gasteiger partial charge in [-0.15, -0.1) is 0 Å². The first-order chi connectivity index (χ1) is 4.68. The van der Waals surface area contributed by atoms with Crippen LogP contribution in [0.2, 0.25) is 26.2 Å². The molecule has 0 aliphatic carbocycles. The van der Waals surface area contributed by atoms with Crippen LogP contribution in [-0.4, -0.2) is 39.1 Å². The van der Waals surface area contributed by atoms with Gasteiger partial charge in [-0.2, -0.15) is 0 Å². The van der Waals surface area contributed by atoms with E-state index < -0.39 is 9.04 Å². The molecule has 64 valence electrons. The van der Waals surface area contributed by atoms with E-state index in [2.05, 4.69) is 26.2 Å². The molecule has 0 aromatic rings. The van der Waals surface area contributed by atoms with Crippen LogP contribution in [0.4, 0.5) is 0 Å². The second-order valence-electron chi connectivity index (χ2n) is 2.08.